The van der Waals surface area contributed by atoms with Crippen LogP contribution in [0.1, 0.15) is 31.2 Å². The summed E-state index contributed by atoms with van der Waals surface area (Å²) in [4.78, 5) is 11.6. The number of nitrogens with zero attached hydrogens (tertiary/aromatic N) is 2. The molecule has 1 aliphatic rings. The Bertz CT molecular complexity index is 448. The van der Waals surface area contributed by atoms with Crippen LogP contribution in [0.5, 0.6) is 0 Å². The molecule has 0 spiro atoms. The molecule has 0 aromatic carbocycles. The molecule has 0 aliphatic carbocycles. The number of aromatic nitrogens is 2. The summed E-state index contributed by atoms with van der Waals surface area (Å²) in [7, 11) is 0. The number of urea groups is 1. The van der Waals surface area contributed by atoms with E-state index < -0.39 is 17.5 Å². The average Bonchev–Trinajstić information content (AvgIpc) is 2.97. The molecule has 0 radical (unpaired) electrons. The zero-order valence-corrected chi connectivity index (χ0v) is 11.9. The number of nitrogens with one attached hydrogen (secondary N) is 2. The van der Waals surface area contributed by atoms with E-state index in [-0.39, 0.29) is 9.88 Å². The Morgan fingerprint density at radius 1 is 1.53 bits per heavy atom. The summed E-state index contributed by atoms with van der Waals surface area (Å²) < 4.78 is 24.7. The summed E-state index contributed by atoms with van der Waals surface area (Å²) in [6.45, 7) is 2.65. The van der Waals surface area contributed by atoms with Crippen LogP contribution in [-0.4, -0.2) is 33.3 Å². The third-order valence-electron chi connectivity index (χ3n) is 2.77. The van der Waals surface area contributed by atoms with Crippen molar-refractivity contribution in [1.82, 2.24) is 15.5 Å². The zero-order valence-electron chi connectivity index (χ0n) is 10.3. The second-order valence-electron chi connectivity index (χ2n) is 4.46. The molecule has 19 heavy (non-hydrogen) atoms. The Kier molecular flexibility index (Phi) is 4.56. The fraction of sp³-hybridized carbons (Fsp3) is 0.700. The largest absolute Gasteiger partial charge is 0.336 e. The fourth-order valence-electron chi connectivity index (χ4n) is 1.76. The van der Waals surface area contributed by atoms with Crippen LogP contribution in [0.4, 0.5) is 18.7 Å². The molecule has 2 heterocycles. The quantitative estimate of drug-likeness (QED) is 0.897. The Balaban J connectivity index is 1.80. The molecule has 9 heteroatoms. The first kappa shape index (κ1) is 14.4. The van der Waals surface area contributed by atoms with E-state index in [1.54, 1.807) is 0 Å². The molecule has 1 aromatic heterocycles. The number of thioether (sulfide) groups is 1. The van der Waals surface area contributed by atoms with Crippen molar-refractivity contribution in [3.63, 3.8) is 0 Å². The predicted molar refractivity (Wildman–Crippen MR) is 72.0 cm³/mol. The molecule has 0 unspecified atom stereocenters. The molecule has 2 amide bonds. The topological polar surface area (TPSA) is 66.9 Å². The van der Waals surface area contributed by atoms with Crippen LogP contribution in [0.3, 0.4) is 0 Å². The van der Waals surface area contributed by atoms with Gasteiger partial charge in [0, 0.05) is 11.3 Å². The van der Waals surface area contributed by atoms with Crippen molar-refractivity contribution in [2.75, 3.05) is 17.6 Å². The van der Waals surface area contributed by atoms with E-state index >= 15 is 0 Å². The number of rotatable bonds is 4. The molecular weight excluding hydrogens is 294 g/mol. The number of anilines is 1. The number of carbonyl (C=O) groups excluding carboxylic acids is 1. The van der Waals surface area contributed by atoms with E-state index in [0.717, 1.165) is 18.6 Å². The Labute approximate surface area is 117 Å². The van der Waals surface area contributed by atoms with E-state index in [1.165, 1.54) is 0 Å². The maximum atomic E-state index is 12.3. The van der Waals surface area contributed by atoms with E-state index in [4.69, 9.17) is 0 Å². The van der Waals surface area contributed by atoms with Crippen LogP contribution >= 0.6 is 23.1 Å². The van der Waals surface area contributed by atoms with E-state index in [2.05, 4.69) is 27.8 Å². The number of hydrogen-bond donors (Lipinski definition) is 2. The van der Waals surface area contributed by atoms with Crippen LogP contribution in [-0.2, 0) is 0 Å². The van der Waals surface area contributed by atoms with Crippen molar-refractivity contribution in [3.8, 4) is 0 Å². The molecule has 1 saturated heterocycles. The number of amides is 2. The van der Waals surface area contributed by atoms with E-state index in [0.29, 0.717) is 17.9 Å². The molecular formula is C10H14F2N4OS2. The molecule has 1 aromatic rings. The highest BCUT2D eigenvalue weighted by molar-refractivity contribution is 8.00. The minimum absolute atomic E-state index is 0.0621. The van der Waals surface area contributed by atoms with Gasteiger partial charge in [-0.3, -0.25) is 5.32 Å². The molecule has 5 nitrogen and oxygen atoms in total. The summed E-state index contributed by atoms with van der Waals surface area (Å²) in [5, 5.41) is 11.6. The van der Waals surface area contributed by atoms with Gasteiger partial charge >= 0.3 is 6.03 Å². The summed E-state index contributed by atoms with van der Waals surface area (Å²) >= 11 is 2.51. The van der Waals surface area contributed by atoms with Crippen LogP contribution < -0.4 is 10.6 Å². The summed E-state index contributed by atoms with van der Waals surface area (Å²) in [5.41, 5.74) is 0. The standard InChI is InChI=1S/C10H14F2N4OS2/c1-10(3-2-4-18-10)5-13-8(17)14-9-16-15-7(19-9)6(11)12/h6H,2-5H2,1H3,(H2,13,14,16,17)/t10-/m0/s1. The normalized spacial score (nSPS) is 22.7. The van der Waals surface area contributed by atoms with Gasteiger partial charge in [-0.05, 0) is 25.5 Å². The van der Waals surface area contributed by atoms with Gasteiger partial charge in [-0.1, -0.05) is 11.3 Å². The van der Waals surface area contributed by atoms with E-state index in [1.807, 2.05) is 11.8 Å². The van der Waals surface area contributed by atoms with Crippen molar-refractivity contribution in [2.45, 2.75) is 30.9 Å². The van der Waals surface area contributed by atoms with Gasteiger partial charge in [0.25, 0.3) is 6.43 Å². The second kappa shape index (κ2) is 6.00. The van der Waals surface area contributed by atoms with Crippen LogP contribution in [0.2, 0.25) is 0 Å². The molecule has 106 valence electrons. The van der Waals surface area contributed by atoms with Gasteiger partial charge in [0.1, 0.15) is 0 Å². The van der Waals surface area contributed by atoms with Gasteiger partial charge in [0.15, 0.2) is 5.01 Å². The van der Waals surface area contributed by atoms with Crippen molar-refractivity contribution < 1.29 is 13.6 Å². The van der Waals surface area contributed by atoms with Gasteiger partial charge in [-0.15, -0.1) is 10.2 Å². The van der Waals surface area contributed by atoms with Crippen LogP contribution in [0, 0.1) is 0 Å². The van der Waals surface area contributed by atoms with Gasteiger partial charge in [0.2, 0.25) is 5.13 Å². The van der Waals surface area contributed by atoms with Gasteiger partial charge < -0.3 is 5.32 Å². The fourth-order valence-corrected chi connectivity index (χ4v) is 3.60. The van der Waals surface area contributed by atoms with E-state index in [9.17, 15) is 13.6 Å². The molecule has 2 N–H and O–H groups in total. The highest BCUT2D eigenvalue weighted by atomic mass is 32.2. The number of alkyl halides is 2. The first-order chi connectivity index (χ1) is 8.98. The zero-order chi connectivity index (χ0) is 13.9. The second-order valence-corrected chi connectivity index (χ2v) is 7.15. The van der Waals surface area contributed by atoms with Gasteiger partial charge in [-0.25, -0.2) is 13.6 Å². The molecule has 0 bridgehead atoms. The number of carbonyl (C=O) groups is 1. The molecule has 1 fully saturated rings. The van der Waals surface area contributed by atoms with Crippen molar-refractivity contribution >= 4 is 34.3 Å². The van der Waals surface area contributed by atoms with Crippen LogP contribution in [0.15, 0.2) is 0 Å². The highest BCUT2D eigenvalue weighted by Crippen LogP contribution is 2.36. The highest BCUT2D eigenvalue weighted by Gasteiger charge is 2.29. The summed E-state index contributed by atoms with van der Waals surface area (Å²) in [6.07, 6.45) is -0.449. The first-order valence-corrected chi connectivity index (χ1v) is 7.59. The monoisotopic (exact) mass is 308 g/mol. The first-order valence-electron chi connectivity index (χ1n) is 5.79. The minimum atomic E-state index is -2.66. The summed E-state index contributed by atoms with van der Waals surface area (Å²) in [5.74, 6) is 1.11. The van der Waals surface area contributed by atoms with Gasteiger partial charge in [0.05, 0.1) is 0 Å². The lowest BCUT2D eigenvalue weighted by Gasteiger charge is -2.22. The predicted octanol–water partition coefficient (Wildman–Crippen LogP) is 2.88. The lowest BCUT2D eigenvalue weighted by molar-refractivity contribution is 0.150. The number of hydrogen-bond acceptors (Lipinski definition) is 5. The van der Waals surface area contributed by atoms with Crippen LogP contribution in [0.25, 0.3) is 0 Å². The Morgan fingerprint density at radius 2 is 2.32 bits per heavy atom. The third-order valence-corrected chi connectivity index (χ3v) is 5.16. The molecule has 2 rings (SSSR count). The molecule has 0 saturated carbocycles. The Hall–Kier alpha value is -0.960. The average molecular weight is 308 g/mol. The lowest BCUT2D eigenvalue weighted by Crippen LogP contribution is -2.39. The lowest BCUT2D eigenvalue weighted by atomic mass is 10.1. The molecule has 1 atom stereocenters. The van der Waals surface area contributed by atoms with Crippen molar-refractivity contribution in [2.24, 2.45) is 0 Å². The Morgan fingerprint density at radius 3 is 2.89 bits per heavy atom. The minimum Gasteiger partial charge on any atom is -0.336 e. The van der Waals surface area contributed by atoms with Crippen molar-refractivity contribution in [3.05, 3.63) is 5.01 Å². The molecule has 1 aliphatic heterocycles. The maximum Gasteiger partial charge on any atom is 0.321 e. The van der Waals surface area contributed by atoms with Gasteiger partial charge in [-0.2, -0.15) is 11.8 Å². The SMILES string of the molecule is C[C@@]1(CNC(=O)Nc2nnc(C(F)F)s2)CCCS1. The maximum absolute atomic E-state index is 12.3. The third kappa shape index (κ3) is 4.00. The summed E-state index contributed by atoms with van der Waals surface area (Å²) in [6, 6.07) is -0.439. The smallest absolute Gasteiger partial charge is 0.321 e. The number of halogens is 2. The van der Waals surface area contributed by atoms with Crippen molar-refractivity contribution in [1.29, 1.82) is 0 Å².